The van der Waals surface area contributed by atoms with Gasteiger partial charge < -0.3 is 4.90 Å². The monoisotopic (exact) mass is 368 g/mol. The largest absolute Gasteiger partial charge is 0.378 e. The summed E-state index contributed by atoms with van der Waals surface area (Å²) in [6.07, 6.45) is 0. The third-order valence-electron chi connectivity index (χ3n) is 4.81. The summed E-state index contributed by atoms with van der Waals surface area (Å²) in [5.41, 5.74) is 5.23. The van der Waals surface area contributed by atoms with E-state index in [2.05, 4.69) is 27.1 Å². The highest BCUT2D eigenvalue weighted by Crippen LogP contribution is 2.31. The minimum absolute atomic E-state index is 0.510. The molecule has 1 aliphatic heterocycles. The second-order valence-corrected chi connectivity index (χ2v) is 6.95. The molecule has 2 heterocycles. The highest BCUT2D eigenvalue weighted by molar-refractivity contribution is 6.13. The summed E-state index contributed by atoms with van der Waals surface area (Å²) in [4.78, 5) is 11.5. The Kier molecular flexibility index (Phi) is 4.28. The Morgan fingerprint density at radius 2 is 1.82 bits per heavy atom. The number of hydrogen-bond donors (Lipinski definition) is 0. The van der Waals surface area contributed by atoms with E-state index in [0.717, 1.165) is 28.1 Å². The molecule has 138 valence electrons. The highest BCUT2D eigenvalue weighted by Gasteiger charge is 2.29. The van der Waals surface area contributed by atoms with Gasteiger partial charge in [-0.3, -0.25) is 0 Å². The molecule has 1 aromatic heterocycles. The van der Waals surface area contributed by atoms with Gasteiger partial charge in [-0.05, 0) is 37.6 Å². The summed E-state index contributed by atoms with van der Waals surface area (Å²) in [5.74, 6) is 1.77. The summed E-state index contributed by atoms with van der Waals surface area (Å²) in [6, 6.07) is 18.1. The zero-order valence-electron chi connectivity index (χ0n) is 16.3. The fraction of sp³-hybridized carbons (Fsp3) is 0.182. The second-order valence-electron chi connectivity index (χ2n) is 6.95. The molecule has 28 heavy (non-hydrogen) atoms. The summed E-state index contributed by atoms with van der Waals surface area (Å²) in [6.45, 7) is 3.92. The van der Waals surface area contributed by atoms with E-state index in [9.17, 15) is 5.26 Å². The van der Waals surface area contributed by atoms with Crippen LogP contribution in [0, 0.1) is 18.3 Å². The first-order chi connectivity index (χ1) is 13.5. The molecule has 0 N–H and O–H groups in total. The van der Waals surface area contributed by atoms with E-state index in [1.165, 1.54) is 0 Å². The number of fused-ring (bicyclic) bond motifs is 1. The Morgan fingerprint density at radius 1 is 1.07 bits per heavy atom. The fourth-order valence-electron chi connectivity index (χ4n) is 3.19. The van der Waals surface area contributed by atoms with Crippen molar-refractivity contribution in [3.05, 3.63) is 65.5 Å². The molecule has 0 atom stereocenters. The molecule has 0 spiro atoms. The Balaban J connectivity index is 1.84. The number of aryl methyl sites for hydroxylation is 1. The molecule has 4 rings (SSSR count). The molecule has 0 radical (unpaired) electrons. The number of aromatic nitrogens is 3. The number of hydrogen-bond acceptors (Lipinski definition) is 5. The number of nitriles is 1. The topological polar surface area (TPSA) is 70.1 Å². The van der Waals surface area contributed by atoms with Crippen LogP contribution in [0.3, 0.4) is 0 Å². The number of allylic oxidation sites excluding steroid dienone is 2. The average Bonchev–Trinajstić information content (AvgIpc) is 3.22. The smallest absolute Gasteiger partial charge is 0.182 e. The Morgan fingerprint density at radius 3 is 2.46 bits per heavy atom. The Labute approximate surface area is 164 Å². The van der Waals surface area contributed by atoms with Gasteiger partial charge in [0.1, 0.15) is 11.6 Å². The molecule has 0 aliphatic carbocycles. The molecule has 0 saturated heterocycles. The lowest BCUT2D eigenvalue weighted by atomic mass is 10.1. The molecule has 3 aromatic rings. The molecule has 0 saturated carbocycles. The third kappa shape index (κ3) is 2.87. The normalized spacial score (nSPS) is 14.3. The maximum absolute atomic E-state index is 9.65. The minimum Gasteiger partial charge on any atom is -0.378 e. The van der Waals surface area contributed by atoms with Crippen molar-refractivity contribution in [1.29, 1.82) is 5.26 Å². The molecule has 6 nitrogen and oxygen atoms in total. The van der Waals surface area contributed by atoms with Gasteiger partial charge in [0.2, 0.25) is 0 Å². The van der Waals surface area contributed by atoms with Crippen LogP contribution in [-0.2, 0) is 0 Å². The standard InChI is InChI=1S/C22H20N6/c1-14-12-17(27(3)4)10-11-19(14)24-21-15(2)18(13-23)22-25-20(26-28(21)22)16-8-6-5-7-9-16/h5-12H,1-4H3. The molecule has 1 aliphatic rings. The van der Waals surface area contributed by atoms with Crippen molar-refractivity contribution in [3.8, 4) is 17.5 Å². The average molecular weight is 368 g/mol. The number of rotatable bonds is 3. The molecule has 0 unspecified atom stereocenters. The lowest BCUT2D eigenvalue weighted by molar-refractivity contribution is 0.933. The van der Waals surface area contributed by atoms with Crippen LogP contribution in [0.4, 0.5) is 11.4 Å². The van der Waals surface area contributed by atoms with Crippen molar-refractivity contribution in [2.75, 3.05) is 19.0 Å². The SMILES string of the molecule is CC1=C(C#N)c2nc(-c3ccccc3)nn2C1=Nc1ccc(N(C)C)cc1C. The number of anilines is 1. The minimum atomic E-state index is 0.510. The van der Waals surface area contributed by atoms with Gasteiger partial charge in [0.05, 0.1) is 5.69 Å². The van der Waals surface area contributed by atoms with Crippen LogP contribution < -0.4 is 4.90 Å². The van der Waals surface area contributed by atoms with Crippen molar-refractivity contribution >= 4 is 22.8 Å². The van der Waals surface area contributed by atoms with Crippen LogP contribution in [0.1, 0.15) is 18.3 Å². The van der Waals surface area contributed by atoms with Gasteiger partial charge in [-0.25, -0.2) is 9.98 Å². The Hall–Kier alpha value is -3.72. The molecule has 0 amide bonds. The Bertz CT molecular complexity index is 1160. The molecular formula is C22H20N6. The van der Waals surface area contributed by atoms with Crippen molar-refractivity contribution in [2.45, 2.75) is 13.8 Å². The summed E-state index contributed by atoms with van der Waals surface area (Å²) >= 11 is 0. The third-order valence-corrected chi connectivity index (χ3v) is 4.81. The summed E-state index contributed by atoms with van der Waals surface area (Å²) in [5, 5.41) is 14.3. The van der Waals surface area contributed by atoms with Gasteiger partial charge in [-0.1, -0.05) is 30.3 Å². The second kappa shape index (κ2) is 6.78. The van der Waals surface area contributed by atoms with E-state index in [1.807, 2.05) is 70.4 Å². The molecule has 0 bridgehead atoms. The molecule has 6 heteroatoms. The van der Waals surface area contributed by atoms with Gasteiger partial charge >= 0.3 is 0 Å². The number of aliphatic imine (C=N–C) groups is 1. The zero-order chi connectivity index (χ0) is 19.8. The fourth-order valence-corrected chi connectivity index (χ4v) is 3.19. The van der Waals surface area contributed by atoms with Crippen molar-refractivity contribution < 1.29 is 0 Å². The van der Waals surface area contributed by atoms with E-state index in [1.54, 1.807) is 4.68 Å². The van der Waals surface area contributed by atoms with Crippen LogP contribution in [0.2, 0.25) is 0 Å². The summed E-state index contributed by atoms with van der Waals surface area (Å²) < 4.78 is 1.68. The molecular weight excluding hydrogens is 348 g/mol. The first kappa shape index (κ1) is 17.7. The van der Waals surface area contributed by atoms with Crippen molar-refractivity contribution in [1.82, 2.24) is 14.8 Å². The van der Waals surface area contributed by atoms with E-state index >= 15 is 0 Å². The predicted octanol–water partition coefficient (Wildman–Crippen LogP) is 4.21. The quantitative estimate of drug-likeness (QED) is 0.694. The van der Waals surface area contributed by atoms with E-state index in [0.29, 0.717) is 23.1 Å². The predicted molar refractivity (Wildman–Crippen MR) is 112 cm³/mol. The van der Waals surface area contributed by atoms with Crippen LogP contribution in [0.15, 0.2) is 59.1 Å². The molecule has 2 aromatic carbocycles. The van der Waals surface area contributed by atoms with Gasteiger partial charge in [-0.15, -0.1) is 5.10 Å². The van der Waals surface area contributed by atoms with Crippen LogP contribution in [0.25, 0.3) is 17.0 Å². The lowest BCUT2D eigenvalue weighted by Gasteiger charge is -2.14. The first-order valence-electron chi connectivity index (χ1n) is 9.01. The lowest BCUT2D eigenvalue weighted by Crippen LogP contribution is -2.11. The zero-order valence-corrected chi connectivity index (χ0v) is 16.3. The maximum atomic E-state index is 9.65. The molecule has 0 fully saturated rings. The first-order valence-corrected chi connectivity index (χ1v) is 9.01. The number of benzene rings is 2. The van der Waals surface area contributed by atoms with Crippen molar-refractivity contribution in [3.63, 3.8) is 0 Å². The van der Waals surface area contributed by atoms with Crippen LogP contribution in [0.5, 0.6) is 0 Å². The van der Waals surface area contributed by atoms with E-state index in [4.69, 9.17) is 4.99 Å². The highest BCUT2D eigenvalue weighted by atomic mass is 15.4. The van der Waals surface area contributed by atoms with Gasteiger partial charge in [0.15, 0.2) is 17.5 Å². The van der Waals surface area contributed by atoms with Gasteiger partial charge in [-0.2, -0.15) is 9.94 Å². The number of nitrogens with zero attached hydrogens (tertiary/aromatic N) is 6. The maximum Gasteiger partial charge on any atom is 0.182 e. The summed E-state index contributed by atoms with van der Waals surface area (Å²) in [7, 11) is 4.02. The van der Waals surface area contributed by atoms with Crippen molar-refractivity contribution in [2.24, 2.45) is 4.99 Å². The van der Waals surface area contributed by atoms with E-state index in [-0.39, 0.29) is 0 Å². The van der Waals surface area contributed by atoms with E-state index < -0.39 is 0 Å². The van der Waals surface area contributed by atoms with Gasteiger partial charge in [0.25, 0.3) is 0 Å². The van der Waals surface area contributed by atoms with Crippen LogP contribution in [-0.4, -0.2) is 34.7 Å². The van der Waals surface area contributed by atoms with Gasteiger partial charge in [0, 0.05) is 30.9 Å². The van der Waals surface area contributed by atoms with Crippen LogP contribution >= 0.6 is 0 Å².